The Morgan fingerprint density at radius 2 is 2.38 bits per heavy atom. The van der Waals surface area contributed by atoms with Crippen molar-refractivity contribution in [2.24, 2.45) is 5.92 Å². The minimum absolute atomic E-state index is 0.0258. The SMILES string of the molecule is Cc1cc(C[C@@H]2CN(C(=O)c3ccc(Cl)o3)C[C@@H]2O)n[nH]1. The Bertz CT molecular complexity index is 651. The first-order valence-corrected chi connectivity index (χ1v) is 7.14. The van der Waals surface area contributed by atoms with Crippen LogP contribution in [0.5, 0.6) is 0 Å². The first kappa shape index (κ1) is 14.2. The molecule has 2 atom stereocenters. The van der Waals surface area contributed by atoms with Gasteiger partial charge in [0, 0.05) is 24.7 Å². The Balaban J connectivity index is 1.66. The lowest BCUT2D eigenvalue weighted by atomic mass is 10.0. The van der Waals surface area contributed by atoms with Crippen molar-refractivity contribution in [1.82, 2.24) is 15.1 Å². The van der Waals surface area contributed by atoms with E-state index in [2.05, 4.69) is 10.2 Å². The summed E-state index contributed by atoms with van der Waals surface area (Å²) in [5.74, 6) is -0.0767. The van der Waals surface area contributed by atoms with Crippen LogP contribution in [0, 0.1) is 12.8 Å². The smallest absolute Gasteiger partial charge is 0.289 e. The molecular weight excluding hydrogens is 294 g/mol. The molecule has 2 aromatic rings. The molecule has 21 heavy (non-hydrogen) atoms. The molecule has 0 bridgehead atoms. The number of aryl methyl sites for hydroxylation is 1. The molecule has 1 amide bonds. The molecule has 3 heterocycles. The number of rotatable bonds is 3. The highest BCUT2D eigenvalue weighted by Gasteiger charge is 2.35. The molecule has 1 aliphatic rings. The minimum Gasteiger partial charge on any atom is -0.440 e. The van der Waals surface area contributed by atoms with Gasteiger partial charge in [-0.1, -0.05) is 0 Å². The largest absolute Gasteiger partial charge is 0.440 e. The topological polar surface area (TPSA) is 82.4 Å². The molecular formula is C14H16ClN3O3. The second-order valence-corrected chi connectivity index (χ2v) is 5.76. The van der Waals surface area contributed by atoms with Crippen LogP contribution in [0.4, 0.5) is 0 Å². The molecule has 0 aliphatic carbocycles. The van der Waals surface area contributed by atoms with Gasteiger partial charge in [0.25, 0.3) is 5.91 Å². The van der Waals surface area contributed by atoms with E-state index in [0.29, 0.717) is 19.5 Å². The third-order valence-corrected chi connectivity index (χ3v) is 3.91. The van der Waals surface area contributed by atoms with Crippen LogP contribution in [0.3, 0.4) is 0 Å². The summed E-state index contributed by atoms with van der Waals surface area (Å²) in [6, 6.07) is 5.02. The summed E-state index contributed by atoms with van der Waals surface area (Å²) in [6.45, 7) is 2.70. The van der Waals surface area contributed by atoms with E-state index in [-0.39, 0.29) is 22.8 Å². The summed E-state index contributed by atoms with van der Waals surface area (Å²) < 4.78 is 5.13. The van der Waals surface area contributed by atoms with Gasteiger partial charge in [-0.25, -0.2) is 0 Å². The van der Waals surface area contributed by atoms with Crippen LogP contribution >= 0.6 is 11.6 Å². The van der Waals surface area contributed by atoms with E-state index in [1.165, 1.54) is 6.07 Å². The highest BCUT2D eigenvalue weighted by molar-refractivity contribution is 6.29. The third kappa shape index (κ3) is 2.96. The molecule has 2 N–H and O–H groups in total. The lowest BCUT2D eigenvalue weighted by molar-refractivity contribution is 0.0733. The summed E-state index contributed by atoms with van der Waals surface area (Å²) in [6.07, 6.45) is 0.0742. The zero-order chi connectivity index (χ0) is 15.0. The number of H-pyrrole nitrogens is 1. The van der Waals surface area contributed by atoms with Crippen LogP contribution in [0.2, 0.25) is 5.22 Å². The minimum atomic E-state index is -0.559. The van der Waals surface area contributed by atoms with Crippen LogP contribution < -0.4 is 0 Å². The first-order chi connectivity index (χ1) is 10.0. The number of likely N-dealkylation sites (tertiary alicyclic amines) is 1. The van der Waals surface area contributed by atoms with Crippen molar-refractivity contribution < 1.29 is 14.3 Å². The fourth-order valence-corrected chi connectivity index (χ4v) is 2.80. The van der Waals surface area contributed by atoms with Gasteiger partial charge in [0.1, 0.15) is 0 Å². The molecule has 0 saturated carbocycles. The number of carbonyl (C=O) groups excluding carboxylic acids is 1. The van der Waals surface area contributed by atoms with Crippen LogP contribution in [-0.4, -0.2) is 45.3 Å². The van der Waals surface area contributed by atoms with E-state index < -0.39 is 6.10 Å². The normalized spacial score (nSPS) is 22.0. The van der Waals surface area contributed by atoms with E-state index in [9.17, 15) is 9.90 Å². The average molecular weight is 310 g/mol. The standard InChI is InChI=1S/C14H16ClN3O3/c1-8-4-10(17-16-8)5-9-6-18(7-11(9)19)14(20)12-2-3-13(15)21-12/h2-4,9,11,19H,5-7H2,1H3,(H,16,17)/t9-,11+/m1/s1. The quantitative estimate of drug-likeness (QED) is 0.903. The molecule has 1 fully saturated rings. The lowest BCUT2D eigenvalue weighted by Gasteiger charge is -2.14. The lowest BCUT2D eigenvalue weighted by Crippen LogP contribution is -2.29. The molecule has 1 aliphatic heterocycles. The third-order valence-electron chi connectivity index (χ3n) is 3.71. The number of hydrogen-bond donors (Lipinski definition) is 2. The maximum Gasteiger partial charge on any atom is 0.289 e. The van der Waals surface area contributed by atoms with Crippen LogP contribution in [-0.2, 0) is 6.42 Å². The zero-order valence-corrected chi connectivity index (χ0v) is 12.3. The van der Waals surface area contributed by atoms with Crippen LogP contribution in [0.25, 0.3) is 0 Å². The Morgan fingerprint density at radius 1 is 1.57 bits per heavy atom. The van der Waals surface area contributed by atoms with Gasteiger partial charge in [0.15, 0.2) is 11.0 Å². The number of carbonyl (C=O) groups is 1. The van der Waals surface area contributed by atoms with Gasteiger partial charge in [-0.15, -0.1) is 0 Å². The van der Waals surface area contributed by atoms with E-state index in [4.69, 9.17) is 16.0 Å². The van der Waals surface area contributed by atoms with E-state index >= 15 is 0 Å². The van der Waals surface area contributed by atoms with Gasteiger partial charge in [0.2, 0.25) is 0 Å². The number of halogens is 1. The first-order valence-electron chi connectivity index (χ1n) is 6.76. The Hall–Kier alpha value is -1.79. The molecule has 0 aromatic carbocycles. The van der Waals surface area contributed by atoms with Gasteiger partial charge in [-0.2, -0.15) is 5.10 Å². The number of aromatic nitrogens is 2. The maximum absolute atomic E-state index is 12.2. The number of furan rings is 1. The van der Waals surface area contributed by atoms with Crippen molar-refractivity contribution in [3.05, 3.63) is 40.6 Å². The fraction of sp³-hybridized carbons (Fsp3) is 0.429. The predicted molar refractivity (Wildman–Crippen MR) is 76.1 cm³/mol. The van der Waals surface area contributed by atoms with E-state index in [1.807, 2.05) is 13.0 Å². The molecule has 6 nitrogen and oxygen atoms in total. The Morgan fingerprint density at radius 3 is 3.00 bits per heavy atom. The number of nitrogens with one attached hydrogen (secondary N) is 1. The molecule has 7 heteroatoms. The summed E-state index contributed by atoms with van der Waals surface area (Å²) in [5.41, 5.74) is 1.88. The van der Waals surface area contributed by atoms with Gasteiger partial charge in [0.05, 0.1) is 11.8 Å². The zero-order valence-electron chi connectivity index (χ0n) is 11.5. The number of aromatic amines is 1. The van der Waals surface area contributed by atoms with E-state index in [1.54, 1.807) is 11.0 Å². The number of β-amino-alcohol motifs (C(OH)–C–C–N with tert-alkyl or cyclic N) is 1. The number of hydrogen-bond acceptors (Lipinski definition) is 4. The van der Waals surface area contributed by atoms with Crippen LogP contribution in [0.1, 0.15) is 21.9 Å². The van der Waals surface area contributed by atoms with Gasteiger partial charge < -0.3 is 14.4 Å². The Labute approximate surface area is 126 Å². The monoisotopic (exact) mass is 309 g/mol. The maximum atomic E-state index is 12.2. The van der Waals surface area contributed by atoms with Crippen molar-refractivity contribution in [2.75, 3.05) is 13.1 Å². The van der Waals surface area contributed by atoms with Gasteiger partial charge in [-0.05, 0) is 43.1 Å². The molecule has 2 aromatic heterocycles. The summed E-state index contributed by atoms with van der Waals surface area (Å²) in [5, 5.41) is 17.4. The summed E-state index contributed by atoms with van der Waals surface area (Å²) >= 11 is 5.68. The van der Waals surface area contributed by atoms with Crippen molar-refractivity contribution >= 4 is 17.5 Å². The molecule has 3 rings (SSSR count). The van der Waals surface area contributed by atoms with Crippen molar-refractivity contribution in [3.63, 3.8) is 0 Å². The second kappa shape index (κ2) is 5.54. The molecule has 112 valence electrons. The summed E-state index contributed by atoms with van der Waals surface area (Å²) in [7, 11) is 0. The van der Waals surface area contributed by atoms with Crippen molar-refractivity contribution in [3.8, 4) is 0 Å². The fourth-order valence-electron chi connectivity index (χ4n) is 2.65. The Kier molecular flexibility index (Phi) is 3.73. The number of aliphatic hydroxyl groups is 1. The van der Waals surface area contributed by atoms with Crippen molar-refractivity contribution in [1.29, 1.82) is 0 Å². The molecule has 0 spiro atoms. The van der Waals surface area contributed by atoms with Gasteiger partial charge >= 0.3 is 0 Å². The number of amides is 1. The van der Waals surface area contributed by atoms with E-state index in [0.717, 1.165) is 11.4 Å². The predicted octanol–water partition coefficient (Wildman–Crippen LogP) is 1.64. The summed E-state index contributed by atoms with van der Waals surface area (Å²) in [4.78, 5) is 13.8. The highest BCUT2D eigenvalue weighted by atomic mass is 35.5. The average Bonchev–Trinajstić information content (AvgIpc) is 3.12. The van der Waals surface area contributed by atoms with Crippen LogP contribution in [0.15, 0.2) is 22.6 Å². The number of nitrogens with zero attached hydrogens (tertiary/aromatic N) is 2. The molecule has 0 radical (unpaired) electrons. The second-order valence-electron chi connectivity index (χ2n) is 5.39. The highest BCUT2D eigenvalue weighted by Crippen LogP contribution is 2.24. The van der Waals surface area contributed by atoms with Crippen molar-refractivity contribution in [2.45, 2.75) is 19.4 Å². The molecule has 1 saturated heterocycles. The molecule has 0 unspecified atom stereocenters. The van der Waals surface area contributed by atoms with Gasteiger partial charge in [-0.3, -0.25) is 9.89 Å². The number of aliphatic hydroxyl groups excluding tert-OH is 1.